The molecule has 0 saturated carbocycles. The highest BCUT2D eigenvalue weighted by molar-refractivity contribution is 7.98. The van der Waals surface area contributed by atoms with E-state index in [1.54, 1.807) is 25.3 Å². The molecule has 0 saturated heterocycles. The van der Waals surface area contributed by atoms with Gasteiger partial charge in [-0.3, -0.25) is 10.1 Å². The molecule has 1 heterocycles. The lowest BCUT2D eigenvalue weighted by Crippen LogP contribution is -1.98. The van der Waals surface area contributed by atoms with Gasteiger partial charge in [0.25, 0.3) is 0 Å². The summed E-state index contributed by atoms with van der Waals surface area (Å²) in [6.45, 7) is 1.72. The van der Waals surface area contributed by atoms with E-state index in [0.29, 0.717) is 10.7 Å². The molecule has 0 N–H and O–H groups in total. The van der Waals surface area contributed by atoms with E-state index in [1.165, 1.54) is 23.9 Å². The lowest BCUT2D eigenvalue weighted by Gasteiger charge is -2.09. The van der Waals surface area contributed by atoms with Crippen LogP contribution in [0.4, 0.5) is 5.69 Å². The summed E-state index contributed by atoms with van der Waals surface area (Å²) in [6.07, 6.45) is 1.80. The molecule has 0 aliphatic heterocycles. The molecule has 0 radical (unpaired) electrons. The predicted molar refractivity (Wildman–Crippen MR) is 76.7 cm³/mol. The van der Waals surface area contributed by atoms with E-state index >= 15 is 0 Å². The maximum atomic E-state index is 11.0. The van der Waals surface area contributed by atoms with Crippen molar-refractivity contribution in [1.82, 2.24) is 9.97 Å². The molecule has 0 fully saturated rings. The van der Waals surface area contributed by atoms with Crippen molar-refractivity contribution in [3.8, 4) is 11.6 Å². The Bertz CT molecular complexity index is 666. The minimum atomic E-state index is -0.499. The zero-order valence-electron chi connectivity index (χ0n) is 10.7. The van der Waals surface area contributed by atoms with E-state index in [2.05, 4.69) is 9.97 Å². The van der Waals surface area contributed by atoms with Gasteiger partial charge in [-0.15, -0.1) is 0 Å². The molecule has 104 valence electrons. The molecule has 6 nitrogen and oxygen atoms in total. The molecule has 8 heteroatoms. The Kier molecular flexibility index (Phi) is 4.41. The SMILES string of the molecule is CSc1nc(Cl)cc(Oc2c(C)cccc2[N+](=O)[O-])n1. The average molecular weight is 312 g/mol. The average Bonchev–Trinajstić information content (AvgIpc) is 2.40. The highest BCUT2D eigenvalue weighted by Gasteiger charge is 2.18. The van der Waals surface area contributed by atoms with Gasteiger partial charge >= 0.3 is 5.69 Å². The van der Waals surface area contributed by atoms with Crippen LogP contribution >= 0.6 is 23.4 Å². The van der Waals surface area contributed by atoms with Crippen LogP contribution in [0.5, 0.6) is 11.6 Å². The lowest BCUT2D eigenvalue weighted by atomic mass is 10.2. The highest BCUT2D eigenvalue weighted by atomic mass is 35.5. The minimum Gasteiger partial charge on any atom is -0.431 e. The Morgan fingerprint density at radius 1 is 1.40 bits per heavy atom. The summed E-state index contributed by atoms with van der Waals surface area (Å²) in [5, 5.41) is 11.7. The summed E-state index contributed by atoms with van der Waals surface area (Å²) >= 11 is 7.16. The lowest BCUT2D eigenvalue weighted by molar-refractivity contribution is -0.385. The molecule has 0 aliphatic carbocycles. The topological polar surface area (TPSA) is 78.2 Å². The summed E-state index contributed by atoms with van der Waals surface area (Å²) in [6, 6.07) is 6.11. The fourth-order valence-corrected chi connectivity index (χ4v) is 2.13. The van der Waals surface area contributed by atoms with Crippen LogP contribution in [0.1, 0.15) is 5.56 Å². The molecule has 1 aromatic heterocycles. The molecule has 20 heavy (non-hydrogen) atoms. The Labute approximate surface area is 124 Å². The predicted octanol–water partition coefficient (Wildman–Crippen LogP) is 3.86. The third kappa shape index (κ3) is 3.17. The van der Waals surface area contributed by atoms with Crippen molar-refractivity contribution < 1.29 is 9.66 Å². The number of halogens is 1. The monoisotopic (exact) mass is 311 g/mol. The summed E-state index contributed by atoms with van der Waals surface area (Å²) in [7, 11) is 0. The molecular weight excluding hydrogens is 302 g/mol. The van der Waals surface area contributed by atoms with Gasteiger partial charge in [0, 0.05) is 12.1 Å². The maximum Gasteiger partial charge on any atom is 0.311 e. The molecule has 0 amide bonds. The van der Waals surface area contributed by atoms with Crippen LogP contribution in [0.2, 0.25) is 5.15 Å². The molecule has 2 rings (SSSR count). The number of hydrogen-bond acceptors (Lipinski definition) is 6. The number of hydrogen-bond donors (Lipinski definition) is 0. The van der Waals surface area contributed by atoms with Gasteiger partial charge in [-0.25, -0.2) is 4.98 Å². The maximum absolute atomic E-state index is 11.0. The number of rotatable bonds is 4. The van der Waals surface area contributed by atoms with Crippen LogP contribution in [0.3, 0.4) is 0 Å². The van der Waals surface area contributed by atoms with Crippen molar-refractivity contribution >= 4 is 29.1 Å². The van der Waals surface area contributed by atoms with Crippen LogP contribution in [0.15, 0.2) is 29.4 Å². The van der Waals surface area contributed by atoms with Gasteiger partial charge in [-0.1, -0.05) is 35.5 Å². The van der Waals surface area contributed by atoms with Crippen LogP contribution in [-0.4, -0.2) is 21.1 Å². The van der Waals surface area contributed by atoms with Gasteiger partial charge in [0.2, 0.25) is 11.6 Å². The fraction of sp³-hybridized carbons (Fsp3) is 0.167. The van der Waals surface area contributed by atoms with E-state index in [1.807, 2.05) is 0 Å². The molecule has 0 atom stereocenters. The first-order valence-electron chi connectivity index (χ1n) is 5.51. The summed E-state index contributed by atoms with van der Waals surface area (Å²) < 4.78 is 5.53. The first-order chi connectivity index (χ1) is 9.51. The van der Waals surface area contributed by atoms with Crippen molar-refractivity contribution in [2.24, 2.45) is 0 Å². The van der Waals surface area contributed by atoms with E-state index in [9.17, 15) is 10.1 Å². The van der Waals surface area contributed by atoms with Crippen molar-refractivity contribution in [3.05, 3.63) is 45.1 Å². The highest BCUT2D eigenvalue weighted by Crippen LogP contribution is 2.34. The van der Waals surface area contributed by atoms with Crippen LogP contribution < -0.4 is 4.74 Å². The number of nitro benzene ring substituents is 1. The third-order valence-corrected chi connectivity index (χ3v) is 3.17. The Morgan fingerprint density at radius 2 is 2.15 bits per heavy atom. The van der Waals surface area contributed by atoms with Gasteiger partial charge in [0.1, 0.15) is 5.15 Å². The Balaban J connectivity index is 2.44. The minimum absolute atomic E-state index is 0.120. The van der Waals surface area contributed by atoms with Crippen LogP contribution in [0.25, 0.3) is 0 Å². The third-order valence-electron chi connectivity index (χ3n) is 2.43. The van der Waals surface area contributed by atoms with Gasteiger partial charge in [0.05, 0.1) is 4.92 Å². The van der Waals surface area contributed by atoms with Gasteiger partial charge in [-0.2, -0.15) is 4.98 Å². The molecule has 0 bridgehead atoms. The second-order valence-corrected chi connectivity index (χ2v) is 4.96. The molecule has 2 aromatic rings. The van der Waals surface area contributed by atoms with Crippen LogP contribution in [0, 0.1) is 17.0 Å². The number of benzene rings is 1. The Hall–Kier alpha value is -1.86. The summed E-state index contributed by atoms with van der Waals surface area (Å²) in [5.41, 5.74) is 0.519. The second-order valence-electron chi connectivity index (χ2n) is 3.80. The molecular formula is C12H10ClN3O3S. The smallest absolute Gasteiger partial charge is 0.311 e. The normalized spacial score (nSPS) is 10.3. The standard InChI is InChI=1S/C12H10ClN3O3S/c1-7-4-3-5-8(16(17)18)11(7)19-10-6-9(13)14-12(15-10)20-2/h3-6H,1-2H3. The van der Waals surface area contributed by atoms with E-state index < -0.39 is 4.92 Å². The zero-order valence-corrected chi connectivity index (χ0v) is 12.2. The first-order valence-corrected chi connectivity index (χ1v) is 7.12. The number of thioether (sulfide) groups is 1. The molecule has 1 aromatic carbocycles. The van der Waals surface area contributed by atoms with Crippen molar-refractivity contribution in [1.29, 1.82) is 0 Å². The van der Waals surface area contributed by atoms with E-state index in [-0.39, 0.29) is 22.5 Å². The first kappa shape index (κ1) is 14.5. The largest absolute Gasteiger partial charge is 0.431 e. The number of ether oxygens (including phenoxy) is 1. The van der Waals surface area contributed by atoms with E-state index in [4.69, 9.17) is 16.3 Å². The number of para-hydroxylation sites is 1. The number of aromatic nitrogens is 2. The van der Waals surface area contributed by atoms with Crippen LogP contribution in [-0.2, 0) is 0 Å². The number of aryl methyl sites for hydroxylation is 1. The quantitative estimate of drug-likeness (QED) is 0.280. The van der Waals surface area contributed by atoms with Gasteiger partial charge < -0.3 is 4.74 Å². The summed E-state index contributed by atoms with van der Waals surface area (Å²) in [4.78, 5) is 18.6. The van der Waals surface area contributed by atoms with Gasteiger partial charge in [-0.05, 0) is 18.7 Å². The van der Waals surface area contributed by atoms with Crippen molar-refractivity contribution in [3.63, 3.8) is 0 Å². The van der Waals surface area contributed by atoms with Crippen molar-refractivity contribution in [2.45, 2.75) is 12.1 Å². The molecule has 0 spiro atoms. The zero-order chi connectivity index (χ0) is 14.7. The fourth-order valence-electron chi connectivity index (χ4n) is 1.54. The number of nitrogens with zero attached hydrogens (tertiary/aromatic N) is 3. The van der Waals surface area contributed by atoms with Crippen molar-refractivity contribution in [2.75, 3.05) is 6.26 Å². The summed E-state index contributed by atoms with van der Waals surface area (Å²) in [5.74, 6) is 0.325. The van der Waals surface area contributed by atoms with Gasteiger partial charge in [0.15, 0.2) is 5.16 Å². The molecule has 0 unspecified atom stereocenters. The molecule has 0 aliphatic rings. The second kappa shape index (κ2) is 6.06. The number of nitro groups is 1. The van der Waals surface area contributed by atoms with E-state index in [0.717, 1.165) is 0 Å². The Morgan fingerprint density at radius 3 is 2.80 bits per heavy atom.